The summed E-state index contributed by atoms with van der Waals surface area (Å²) in [5, 5.41) is 0. The molecule has 0 radical (unpaired) electrons. The quantitative estimate of drug-likeness (QED) is 0.163. The second-order valence-electron chi connectivity index (χ2n) is 29.4. The topological polar surface area (TPSA) is 9.72 Å². The molecule has 10 rings (SSSR count). The van der Waals surface area contributed by atoms with Gasteiger partial charge in [0, 0.05) is 50.9 Å². The molecule has 6 aromatic rings. The number of rotatable bonds is 3. The molecule has 376 valence electrons. The molecule has 0 N–H and O–H groups in total. The fourth-order valence-electron chi connectivity index (χ4n) is 13.2. The molecular weight excluding hydrogens is 870 g/mol. The van der Waals surface area contributed by atoms with Crippen LogP contribution in [0.25, 0.3) is 0 Å². The van der Waals surface area contributed by atoms with Crippen molar-refractivity contribution in [2.24, 2.45) is 11.3 Å². The Bertz CT molecular complexity index is 2950. The smallest absolute Gasteiger partial charge is 0.252 e. The van der Waals surface area contributed by atoms with E-state index in [2.05, 4.69) is 268 Å². The summed E-state index contributed by atoms with van der Waals surface area (Å²) < 4.78 is 0. The van der Waals surface area contributed by atoms with Crippen LogP contribution in [0.4, 0.5) is 45.5 Å². The standard InChI is InChI=1S/C68H86BN3/c1-61(2,3)43-21-28-49(29-22-43)70-56-33-26-46(64(10,11)12)38-53(56)69-54-39-47(65(13,14)15)27-34-57(54)71(50-30-23-44(24-31-50)62(4,5)6)59-41-51(40-58(70)60(59)69)72-55-32-25-45(63(7,8)9)37-52(55)67(19)42-48(66(16,17)18)35-36-68(67,72)20/h21-34,37-41,48H,35-36,42H2,1-20H3. The molecule has 3 nitrogen and oxygen atoms in total. The Morgan fingerprint density at radius 1 is 0.417 bits per heavy atom. The minimum absolute atomic E-state index is 0.0112. The van der Waals surface area contributed by atoms with Crippen molar-refractivity contribution >= 4 is 68.6 Å². The van der Waals surface area contributed by atoms with Crippen molar-refractivity contribution in [2.75, 3.05) is 14.7 Å². The second kappa shape index (κ2) is 16.1. The number of anilines is 8. The third kappa shape index (κ3) is 7.98. The molecule has 0 aromatic heterocycles. The maximum atomic E-state index is 2.84. The Balaban J connectivity index is 1.33. The molecule has 1 saturated carbocycles. The van der Waals surface area contributed by atoms with Crippen LogP contribution in [-0.2, 0) is 32.5 Å². The monoisotopic (exact) mass is 956 g/mol. The molecule has 0 bridgehead atoms. The average Bonchev–Trinajstić information content (AvgIpc) is 3.48. The largest absolute Gasteiger partial charge is 0.334 e. The van der Waals surface area contributed by atoms with Gasteiger partial charge in [0.15, 0.2) is 0 Å². The van der Waals surface area contributed by atoms with Gasteiger partial charge >= 0.3 is 0 Å². The predicted molar refractivity (Wildman–Crippen MR) is 315 cm³/mol. The molecule has 0 amide bonds. The van der Waals surface area contributed by atoms with Gasteiger partial charge in [-0.2, -0.15) is 0 Å². The number of hydrogen-bond donors (Lipinski definition) is 0. The maximum absolute atomic E-state index is 2.84. The van der Waals surface area contributed by atoms with Crippen molar-refractivity contribution in [1.29, 1.82) is 0 Å². The van der Waals surface area contributed by atoms with Gasteiger partial charge in [-0.05, 0) is 169 Å². The number of fused-ring (bicyclic) bond motifs is 7. The van der Waals surface area contributed by atoms with Crippen LogP contribution in [0.2, 0.25) is 0 Å². The van der Waals surface area contributed by atoms with E-state index in [-0.39, 0.29) is 50.2 Å². The van der Waals surface area contributed by atoms with E-state index in [1.54, 1.807) is 0 Å². The Morgan fingerprint density at radius 2 is 0.792 bits per heavy atom. The van der Waals surface area contributed by atoms with Crippen LogP contribution in [0.1, 0.15) is 191 Å². The molecule has 3 heterocycles. The van der Waals surface area contributed by atoms with Crippen molar-refractivity contribution in [1.82, 2.24) is 0 Å². The molecular formula is C68H86BN3. The van der Waals surface area contributed by atoms with Gasteiger partial charge < -0.3 is 14.7 Å². The normalized spacial score (nSPS) is 21.0. The molecule has 1 aliphatic carbocycles. The second-order valence-corrected chi connectivity index (χ2v) is 29.4. The van der Waals surface area contributed by atoms with Crippen molar-refractivity contribution in [3.05, 3.63) is 149 Å². The van der Waals surface area contributed by atoms with Gasteiger partial charge in [-0.15, -0.1) is 0 Å². The maximum Gasteiger partial charge on any atom is 0.252 e. The molecule has 3 unspecified atom stereocenters. The lowest BCUT2D eigenvalue weighted by Crippen LogP contribution is -2.62. The first-order valence-corrected chi connectivity index (χ1v) is 27.5. The summed E-state index contributed by atoms with van der Waals surface area (Å²) in [6, 6.07) is 46.8. The first-order chi connectivity index (χ1) is 33.2. The Morgan fingerprint density at radius 3 is 1.18 bits per heavy atom. The van der Waals surface area contributed by atoms with E-state index < -0.39 is 0 Å². The molecule has 72 heavy (non-hydrogen) atoms. The molecule has 4 heteroatoms. The zero-order valence-corrected chi connectivity index (χ0v) is 48.1. The van der Waals surface area contributed by atoms with Crippen LogP contribution in [0.5, 0.6) is 0 Å². The highest BCUT2D eigenvalue weighted by molar-refractivity contribution is 7.00. The Hall–Kier alpha value is -5.22. The zero-order chi connectivity index (χ0) is 52.3. The fraction of sp³-hybridized carbons (Fsp3) is 0.471. The fourth-order valence-corrected chi connectivity index (χ4v) is 13.2. The molecule has 6 aromatic carbocycles. The summed E-state index contributed by atoms with van der Waals surface area (Å²) >= 11 is 0. The van der Waals surface area contributed by atoms with Crippen LogP contribution >= 0.6 is 0 Å². The number of nitrogens with zero attached hydrogens (tertiary/aromatic N) is 3. The third-order valence-corrected chi connectivity index (χ3v) is 18.3. The summed E-state index contributed by atoms with van der Waals surface area (Å²) in [6.07, 6.45) is 3.49. The first kappa shape index (κ1) is 50.3. The predicted octanol–water partition coefficient (Wildman–Crippen LogP) is 17.3. The SMILES string of the molecule is CC(C)(C)c1ccc(N2c3ccc(C(C)(C)C)cc3B3c4cc(C(C)(C)C)ccc4N(c4ccc(C(C)(C)C)cc4)c4cc(N5c6ccc(C(C)(C)C)cc6C6(C)CC(C(C)(C)C)CCC56C)cc2c43)cc1. The van der Waals surface area contributed by atoms with Crippen LogP contribution < -0.4 is 31.1 Å². The van der Waals surface area contributed by atoms with Gasteiger partial charge in [0.2, 0.25) is 0 Å². The molecule has 0 spiro atoms. The summed E-state index contributed by atoms with van der Waals surface area (Å²) in [4.78, 5) is 8.13. The van der Waals surface area contributed by atoms with Crippen LogP contribution in [0.15, 0.2) is 115 Å². The van der Waals surface area contributed by atoms with E-state index in [0.29, 0.717) is 5.92 Å². The van der Waals surface area contributed by atoms with E-state index in [1.807, 2.05) is 0 Å². The summed E-state index contributed by atoms with van der Waals surface area (Å²) in [5.74, 6) is 0.620. The van der Waals surface area contributed by atoms with E-state index in [4.69, 9.17) is 0 Å². The van der Waals surface area contributed by atoms with Gasteiger partial charge in [-0.3, -0.25) is 0 Å². The lowest BCUT2D eigenvalue weighted by atomic mass is 9.33. The van der Waals surface area contributed by atoms with Crippen LogP contribution in [0.3, 0.4) is 0 Å². The summed E-state index contributed by atoms with van der Waals surface area (Å²) in [5.41, 5.74) is 22.6. The lowest BCUT2D eigenvalue weighted by Gasteiger charge is -2.55. The van der Waals surface area contributed by atoms with Crippen molar-refractivity contribution in [3.8, 4) is 0 Å². The Labute approximate surface area is 436 Å². The highest BCUT2D eigenvalue weighted by atomic mass is 15.3. The summed E-state index contributed by atoms with van der Waals surface area (Å²) in [7, 11) is 0. The van der Waals surface area contributed by atoms with Gasteiger partial charge in [0.1, 0.15) is 0 Å². The Kier molecular flexibility index (Phi) is 11.3. The minimum atomic E-state index is -0.172. The molecule has 4 aliphatic rings. The van der Waals surface area contributed by atoms with E-state index in [1.165, 1.54) is 102 Å². The van der Waals surface area contributed by atoms with Crippen LogP contribution in [0, 0.1) is 11.3 Å². The zero-order valence-electron chi connectivity index (χ0n) is 48.1. The van der Waals surface area contributed by atoms with Crippen LogP contribution in [-0.4, -0.2) is 12.3 Å². The molecule has 0 saturated heterocycles. The summed E-state index contributed by atoms with van der Waals surface area (Å²) in [6.45, 7) is 47.9. The minimum Gasteiger partial charge on any atom is -0.334 e. The van der Waals surface area contributed by atoms with Gasteiger partial charge in [0.25, 0.3) is 6.71 Å². The first-order valence-electron chi connectivity index (χ1n) is 27.5. The molecule has 3 atom stereocenters. The average molecular weight is 956 g/mol. The van der Waals surface area contributed by atoms with E-state index in [9.17, 15) is 0 Å². The lowest BCUT2D eigenvalue weighted by molar-refractivity contribution is 0.0786. The molecule has 3 aliphatic heterocycles. The van der Waals surface area contributed by atoms with Gasteiger partial charge in [0.05, 0.1) is 5.54 Å². The van der Waals surface area contributed by atoms with E-state index >= 15 is 0 Å². The molecule has 1 fully saturated rings. The highest BCUT2D eigenvalue weighted by Crippen LogP contribution is 2.64. The number of benzene rings is 6. The van der Waals surface area contributed by atoms with Gasteiger partial charge in [-0.1, -0.05) is 192 Å². The van der Waals surface area contributed by atoms with Crippen molar-refractivity contribution < 1.29 is 0 Å². The van der Waals surface area contributed by atoms with Gasteiger partial charge in [-0.25, -0.2) is 0 Å². The van der Waals surface area contributed by atoms with Crippen molar-refractivity contribution in [2.45, 2.75) is 196 Å². The third-order valence-electron chi connectivity index (χ3n) is 18.3. The highest BCUT2D eigenvalue weighted by Gasteiger charge is 2.61. The number of hydrogen-bond acceptors (Lipinski definition) is 3. The van der Waals surface area contributed by atoms with Crippen molar-refractivity contribution in [3.63, 3.8) is 0 Å². The van der Waals surface area contributed by atoms with E-state index in [0.717, 1.165) is 12.8 Å².